The van der Waals surface area contributed by atoms with Gasteiger partial charge < -0.3 is 9.67 Å². The van der Waals surface area contributed by atoms with Crippen LogP contribution in [0.15, 0.2) is 36.9 Å². The first kappa shape index (κ1) is 12.4. The summed E-state index contributed by atoms with van der Waals surface area (Å²) in [6, 6.07) is 3.22. The lowest BCUT2D eigenvalue weighted by Crippen LogP contribution is -2.15. The normalized spacial score (nSPS) is 12.7. The molecule has 1 atom stereocenters. The molecule has 20 heavy (non-hydrogen) atoms. The largest absolute Gasteiger partial charge is 0.480 e. The van der Waals surface area contributed by atoms with E-state index < -0.39 is 12.0 Å². The first-order chi connectivity index (χ1) is 9.58. The number of carboxylic acids is 1. The number of nitrogens with zero attached hydrogens (tertiary/aromatic N) is 4. The van der Waals surface area contributed by atoms with Gasteiger partial charge in [0.15, 0.2) is 0 Å². The summed E-state index contributed by atoms with van der Waals surface area (Å²) in [6.07, 6.45) is 7.13. The molecular weight excluding hydrogens is 256 g/mol. The van der Waals surface area contributed by atoms with Crippen LogP contribution in [-0.4, -0.2) is 30.4 Å². The summed E-state index contributed by atoms with van der Waals surface area (Å²) in [5.41, 5.74) is 2.78. The molecule has 0 fully saturated rings. The summed E-state index contributed by atoms with van der Waals surface area (Å²) in [5.74, 6) is -0.903. The van der Waals surface area contributed by atoms with E-state index >= 15 is 0 Å². The lowest BCUT2D eigenvalue weighted by molar-refractivity contribution is -0.140. The molecule has 6 nitrogen and oxygen atoms in total. The molecule has 0 spiro atoms. The van der Waals surface area contributed by atoms with E-state index in [0.29, 0.717) is 0 Å². The number of rotatable bonds is 3. The van der Waals surface area contributed by atoms with E-state index in [1.165, 1.54) is 4.68 Å². The summed E-state index contributed by atoms with van der Waals surface area (Å²) in [5, 5.41) is 14.2. The van der Waals surface area contributed by atoms with Crippen molar-refractivity contribution >= 4 is 17.0 Å². The van der Waals surface area contributed by atoms with Crippen LogP contribution in [0.4, 0.5) is 0 Å². The van der Waals surface area contributed by atoms with Crippen molar-refractivity contribution in [2.45, 2.75) is 13.0 Å². The Morgan fingerprint density at radius 1 is 1.40 bits per heavy atom. The number of carboxylic acid groups (broad SMARTS) is 1. The first-order valence-corrected chi connectivity index (χ1v) is 6.25. The van der Waals surface area contributed by atoms with Crippen LogP contribution in [0.2, 0.25) is 0 Å². The third-order valence-corrected chi connectivity index (χ3v) is 3.43. The fraction of sp³-hybridized carbons (Fsp3) is 0.214. The van der Waals surface area contributed by atoms with Crippen molar-refractivity contribution < 1.29 is 9.90 Å². The molecule has 102 valence electrons. The molecule has 0 aliphatic rings. The van der Waals surface area contributed by atoms with E-state index in [9.17, 15) is 4.79 Å². The van der Waals surface area contributed by atoms with Gasteiger partial charge in [-0.15, -0.1) is 0 Å². The highest BCUT2D eigenvalue weighted by Gasteiger charge is 2.15. The predicted molar refractivity (Wildman–Crippen MR) is 74.3 cm³/mol. The van der Waals surface area contributed by atoms with Crippen LogP contribution in [0, 0.1) is 0 Å². The Kier molecular flexibility index (Phi) is 2.78. The molecule has 0 aliphatic heterocycles. The molecule has 0 bridgehead atoms. The Morgan fingerprint density at radius 3 is 2.95 bits per heavy atom. The van der Waals surface area contributed by atoms with Gasteiger partial charge in [-0.1, -0.05) is 0 Å². The average molecular weight is 270 g/mol. The molecule has 0 saturated carbocycles. The van der Waals surface area contributed by atoms with Crippen LogP contribution in [0.25, 0.3) is 22.2 Å². The van der Waals surface area contributed by atoms with E-state index in [-0.39, 0.29) is 0 Å². The van der Waals surface area contributed by atoms with Crippen LogP contribution in [0.1, 0.15) is 13.0 Å². The highest BCUT2D eigenvalue weighted by Crippen LogP contribution is 2.27. The van der Waals surface area contributed by atoms with Crippen LogP contribution >= 0.6 is 0 Å². The molecule has 0 aromatic carbocycles. The maximum Gasteiger partial charge on any atom is 0.328 e. The zero-order valence-electron chi connectivity index (χ0n) is 11.2. The molecular formula is C14H14N4O2. The van der Waals surface area contributed by atoms with Crippen LogP contribution in [0.3, 0.4) is 0 Å². The number of pyridine rings is 1. The van der Waals surface area contributed by atoms with Crippen molar-refractivity contribution in [1.82, 2.24) is 19.3 Å². The number of carbonyl (C=O) groups is 1. The first-order valence-electron chi connectivity index (χ1n) is 6.25. The van der Waals surface area contributed by atoms with Gasteiger partial charge in [0.25, 0.3) is 0 Å². The third-order valence-electron chi connectivity index (χ3n) is 3.43. The van der Waals surface area contributed by atoms with Crippen molar-refractivity contribution in [2.75, 3.05) is 0 Å². The van der Waals surface area contributed by atoms with Gasteiger partial charge in [-0.3, -0.25) is 4.68 Å². The number of aromatic nitrogens is 4. The van der Waals surface area contributed by atoms with E-state index in [1.807, 2.05) is 29.9 Å². The second-order valence-corrected chi connectivity index (χ2v) is 4.75. The molecule has 3 heterocycles. The molecule has 6 heteroatoms. The van der Waals surface area contributed by atoms with Crippen molar-refractivity contribution in [3.63, 3.8) is 0 Å². The van der Waals surface area contributed by atoms with E-state index in [2.05, 4.69) is 10.1 Å². The standard InChI is InChI=1S/C14H14N4O2/c1-9(14(19)20)18-8-10(7-16-18)11-3-5-15-13-12(11)4-6-17(13)2/h3-9H,1-2H3,(H,19,20)/t9-/m1/s1. The van der Waals surface area contributed by atoms with Crippen LogP contribution in [-0.2, 0) is 11.8 Å². The second kappa shape index (κ2) is 4.48. The Hall–Kier alpha value is -2.63. The van der Waals surface area contributed by atoms with Crippen molar-refractivity contribution in [3.05, 3.63) is 36.9 Å². The monoisotopic (exact) mass is 270 g/mol. The van der Waals surface area contributed by atoms with Crippen LogP contribution in [0.5, 0.6) is 0 Å². The van der Waals surface area contributed by atoms with E-state index in [0.717, 1.165) is 22.2 Å². The fourth-order valence-electron chi connectivity index (χ4n) is 2.22. The second-order valence-electron chi connectivity index (χ2n) is 4.75. The van der Waals surface area contributed by atoms with Gasteiger partial charge in [-0.25, -0.2) is 9.78 Å². The number of aryl methyl sites for hydroxylation is 1. The maximum atomic E-state index is 11.0. The van der Waals surface area contributed by atoms with E-state index in [4.69, 9.17) is 5.11 Å². The fourth-order valence-corrected chi connectivity index (χ4v) is 2.22. The number of aliphatic carboxylic acids is 1. The third kappa shape index (κ3) is 1.85. The van der Waals surface area contributed by atoms with E-state index in [1.54, 1.807) is 25.5 Å². The maximum absolute atomic E-state index is 11.0. The van der Waals surface area contributed by atoms with Gasteiger partial charge in [0, 0.05) is 36.6 Å². The lowest BCUT2D eigenvalue weighted by atomic mass is 10.1. The Labute approximate surface area is 115 Å². The SMILES string of the molecule is C[C@H](C(=O)O)n1cc(-c2ccnc3c2ccn3C)cn1. The van der Waals surface area contributed by atoms with Gasteiger partial charge in [0.05, 0.1) is 6.20 Å². The van der Waals surface area contributed by atoms with Gasteiger partial charge >= 0.3 is 5.97 Å². The van der Waals surface area contributed by atoms with Crippen molar-refractivity contribution in [2.24, 2.45) is 7.05 Å². The summed E-state index contributed by atoms with van der Waals surface area (Å²) in [7, 11) is 1.94. The molecule has 3 rings (SSSR count). The van der Waals surface area contributed by atoms with Crippen LogP contribution < -0.4 is 0 Å². The minimum atomic E-state index is -0.903. The molecule has 0 unspecified atom stereocenters. The molecule has 3 aromatic heterocycles. The zero-order chi connectivity index (χ0) is 14.3. The molecule has 0 amide bonds. The topological polar surface area (TPSA) is 72.9 Å². The molecule has 0 saturated heterocycles. The number of hydrogen-bond donors (Lipinski definition) is 1. The van der Waals surface area contributed by atoms with Gasteiger partial charge in [-0.05, 0) is 24.6 Å². The molecule has 0 aliphatic carbocycles. The van der Waals surface area contributed by atoms with Crippen molar-refractivity contribution in [1.29, 1.82) is 0 Å². The quantitative estimate of drug-likeness (QED) is 0.790. The zero-order valence-corrected chi connectivity index (χ0v) is 11.2. The van der Waals surface area contributed by atoms with Gasteiger partial charge in [0.2, 0.25) is 0 Å². The number of hydrogen-bond acceptors (Lipinski definition) is 3. The summed E-state index contributed by atoms with van der Waals surface area (Å²) in [4.78, 5) is 15.3. The predicted octanol–water partition coefficient (Wildman–Crippen LogP) is 2.08. The Morgan fingerprint density at radius 2 is 2.20 bits per heavy atom. The Bertz CT molecular complexity index is 787. The summed E-state index contributed by atoms with van der Waals surface area (Å²) >= 11 is 0. The minimum absolute atomic E-state index is 0.683. The van der Waals surface area contributed by atoms with Gasteiger partial charge in [-0.2, -0.15) is 5.10 Å². The average Bonchev–Trinajstić information content (AvgIpc) is 3.05. The van der Waals surface area contributed by atoms with Crippen molar-refractivity contribution in [3.8, 4) is 11.1 Å². The molecule has 3 aromatic rings. The highest BCUT2D eigenvalue weighted by molar-refractivity contribution is 5.92. The minimum Gasteiger partial charge on any atom is -0.480 e. The number of fused-ring (bicyclic) bond motifs is 1. The molecule has 1 N–H and O–H groups in total. The highest BCUT2D eigenvalue weighted by atomic mass is 16.4. The smallest absolute Gasteiger partial charge is 0.328 e. The summed E-state index contributed by atoms with van der Waals surface area (Å²) < 4.78 is 3.40. The Balaban J connectivity index is 2.10. The lowest BCUT2D eigenvalue weighted by Gasteiger charge is -2.05. The molecule has 0 radical (unpaired) electrons. The van der Waals surface area contributed by atoms with Gasteiger partial charge in [0.1, 0.15) is 11.7 Å². The summed E-state index contributed by atoms with van der Waals surface area (Å²) in [6.45, 7) is 1.60.